The minimum absolute atomic E-state index is 0.0307. The number of β-lactam (4-membered cyclic amide) rings is 1. The third kappa shape index (κ3) is 3.10. The SMILES string of the molecule is C=CCOC(=O)C1=C(SCc2scnc2C)[C@H](C)[C@H]2[C@@H]([C@@H](C)O)C(=O)N12. The molecule has 2 aliphatic heterocycles. The topological polar surface area (TPSA) is 79.7 Å². The zero-order chi connectivity index (χ0) is 19.0. The molecule has 1 fully saturated rings. The van der Waals surface area contributed by atoms with Crippen molar-refractivity contribution in [2.45, 2.75) is 38.7 Å². The van der Waals surface area contributed by atoms with Crippen LogP contribution >= 0.6 is 23.1 Å². The average Bonchev–Trinajstić information content (AvgIpc) is 3.10. The van der Waals surface area contributed by atoms with Crippen molar-refractivity contribution in [1.82, 2.24) is 9.88 Å². The molecule has 1 aromatic rings. The van der Waals surface area contributed by atoms with Gasteiger partial charge in [-0.15, -0.1) is 23.1 Å². The number of esters is 1. The van der Waals surface area contributed by atoms with Crippen molar-refractivity contribution in [3.05, 3.63) is 39.3 Å². The summed E-state index contributed by atoms with van der Waals surface area (Å²) in [6, 6.07) is -0.196. The van der Waals surface area contributed by atoms with Gasteiger partial charge in [-0.2, -0.15) is 0 Å². The lowest BCUT2D eigenvalue weighted by molar-refractivity contribution is -0.164. The second-order valence-electron chi connectivity index (χ2n) is 6.50. The summed E-state index contributed by atoms with van der Waals surface area (Å²) in [5, 5.41) is 9.97. The van der Waals surface area contributed by atoms with Crippen LogP contribution < -0.4 is 0 Å². The van der Waals surface area contributed by atoms with E-state index in [1.807, 2.05) is 13.8 Å². The van der Waals surface area contributed by atoms with E-state index in [9.17, 15) is 14.7 Å². The summed E-state index contributed by atoms with van der Waals surface area (Å²) >= 11 is 3.12. The second kappa shape index (κ2) is 7.54. The Morgan fingerprint density at radius 3 is 2.92 bits per heavy atom. The van der Waals surface area contributed by atoms with E-state index in [4.69, 9.17) is 4.74 Å². The maximum absolute atomic E-state index is 12.6. The van der Waals surface area contributed by atoms with E-state index in [1.54, 1.807) is 35.5 Å². The van der Waals surface area contributed by atoms with Gasteiger partial charge in [0.05, 0.1) is 29.3 Å². The quantitative estimate of drug-likeness (QED) is 0.435. The van der Waals surface area contributed by atoms with Gasteiger partial charge in [0.1, 0.15) is 12.3 Å². The molecule has 140 valence electrons. The predicted octanol–water partition coefficient (Wildman–Crippen LogP) is 2.48. The molecule has 3 heterocycles. The highest BCUT2D eigenvalue weighted by atomic mass is 32.2. The molecule has 0 unspecified atom stereocenters. The van der Waals surface area contributed by atoms with Gasteiger partial charge in [0, 0.05) is 21.5 Å². The number of amides is 1. The predicted molar refractivity (Wildman–Crippen MR) is 101 cm³/mol. The molecule has 1 saturated heterocycles. The van der Waals surface area contributed by atoms with Crippen molar-refractivity contribution in [1.29, 1.82) is 0 Å². The molecule has 4 atom stereocenters. The molecule has 6 nitrogen and oxygen atoms in total. The van der Waals surface area contributed by atoms with Crippen molar-refractivity contribution in [2.24, 2.45) is 11.8 Å². The number of rotatable bonds is 7. The number of thioether (sulfide) groups is 1. The number of hydrogen-bond acceptors (Lipinski definition) is 7. The number of carbonyl (C=O) groups excluding carboxylic acids is 2. The third-order valence-electron chi connectivity index (χ3n) is 4.84. The van der Waals surface area contributed by atoms with E-state index in [-0.39, 0.29) is 24.5 Å². The molecule has 26 heavy (non-hydrogen) atoms. The van der Waals surface area contributed by atoms with E-state index in [0.29, 0.717) is 11.4 Å². The Balaban J connectivity index is 1.89. The fourth-order valence-electron chi connectivity index (χ4n) is 3.52. The maximum atomic E-state index is 12.6. The number of aromatic nitrogens is 1. The molecule has 0 aliphatic carbocycles. The largest absolute Gasteiger partial charge is 0.457 e. The average molecular weight is 395 g/mol. The lowest BCUT2D eigenvalue weighted by Gasteiger charge is -2.46. The van der Waals surface area contributed by atoms with Crippen molar-refractivity contribution < 1.29 is 19.4 Å². The van der Waals surface area contributed by atoms with Crippen LogP contribution in [0.25, 0.3) is 0 Å². The summed E-state index contributed by atoms with van der Waals surface area (Å²) in [5.41, 5.74) is 3.10. The summed E-state index contributed by atoms with van der Waals surface area (Å²) < 4.78 is 5.22. The summed E-state index contributed by atoms with van der Waals surface area (Å²) in [6.45, 7) is 9.22. The zero-order valence-electron chi connectivity index (χ0n) is 15.0. The Labute approximate surface area is 160 Å². The molecule has 0 radical (unpaired) electrons. The van der Waals surface area contributed by atoms with Gasteiger partial charge in [-0.05, 0) is 13.8 Å². The van der Waals surface area contributed by atoms with Crippen LogP contribution in [-0.2, 0) is 20.1 Å². The lowest BCUT2D eigenvalue weighted by atomic mass is 9.79. The van der Waals surface area contributed by atoms with Crippen LogP contribution in [-0.4, -0.2) is 45.6 Å². The molecule has 1 amide bonds. The molecule has 1 aromatic heterocycles. The van der Waals surface area contributed by atoms with Crippen molar-refractivity contribution in [3.63, 3.8) is 0 Å². The summed E-state index contributed by atoms with van der Waals surface area (Å²) in [6.07, 6.45) is 0.753. The highest BCUT2D eigenvalue weighted by molar-refractivity contribution is 8.02. The summed E-state index contributed by atoms with van der Waals surface area (Å²) in [4.78, 5) is 32.9. The zero-order valence-corrected chi connectivity index (χ0v) is 16.6. The van der Waals surface area contributed by atoms with Gasteiger partial charge in [-0.3, -0.25) is 4.79 Å². The van der Waals surface area contributed by atoms with Crippen molar-refractivity contribution >= 4 is 35.0 Å². The van der Waals surface area contributed by atoms with Crippen LogP contribution in [0, 0.1) is 18.8 Å². The van der Waals surface area contributed by atoms with E-state index in [1.165, 1.54) is 11.0 Å². The fourth-order valence-corrected chi connectivity index (χ4v) is 5.74. The number of ether oxygens (including phenoxy) is 1. The first kappa shape index (κ1) is 19.1. The second-order valence-corrected chi connectivity index (χ2v) is 8.46. The van der Waals surface area contributed by atoms with Crippen LogP contribution in [0.4, 0.5) is 0 Å². The number of aliphatic hydroxyl groups is 1. The Kier molecular flexibility index (Phi) is 5.55. The third-order valence-corrected chi connectivity index (χ3v) is 7.26. The maximum Gasteiger partial charge on any atom is 0.356 e. The molecular formula is C18H22N2O4S2. The first-order valence-electron chi connectivity index (χ1n) is 8.43. The van der Waals surface area contributed by atoms with Crippen molar-refractivity contribution in [2.75, 3.05) is 6.61 Å². The molecule has 2 aliphatic rings. The van der Waals surface area contributed by atoms with Gasteiger partial charge in [0.15, 0.2) is 0 Å². The van der Waals surface area contributed by atoms with Crippen LogP contribution in [0.5, 0.6) is 0 Å². The first-order valence-corrected chi connectivity index (χ1v) is 10.3. The molecule has 0 saturated carbocycles. The van der Waals surface area contributed by atoms with E-state index in [2.05, 4.69) is 11.6 Å². The highest BCUT2D eigenvalue weighted by Crippen LogP contribution is 2.51. The van der Waals surface area contributed by atoms with Gasteiger partial charge in [0.25, 0.3) is 0 Å². The number of nitrogens with zero attached hydrogens (tertiary/aromatic N) is 2. The molecule has 3 rings (SSSR count). The van der Waals surface area contributed by atoms with Gasteiger partial charge in [-0.25, -0.2) is 9.78 Å². The molecule has 0 spiro atoms. The van der Waals surface area contributed by atoms with Crippen LogP contribution in [0.3, 0.4) is 0 Å². The Hall–Kier alpha value is -1.64. The first-order chi connectivity index (χ1) is 12.4. The number of hydrogen-bond donors (Lipinski definition) is 1. The molecule has 8 heteroatoms. The normalized spacial score (nSPS) is 25.8. The summed E-state index contributed by atoms with van der Waals surface area (Å²) in [5.74, 6) is -0.554. The fraction of sp³-hybridized carbons (Fsp3) is 0.500. The molecule has 1 N–H and O–H groups in total. The van der Waals surface area contributed by atoms with Gasteiger partial charge >= 0.3 is 5.97 Å². The Bertz CT molecular complexity index is 771. The highest BCUT2D eigenvalue weighted by Gasteiger charge is 2.60. The summed E-state index contributed by atoms with van der Waals surface area (Å²) in [7, 11) is 0. The van der Waals surface area contributed by atoms with Crippen LogP contribution in [0.1, 0.15) is 24.4 Å². The number of thiazole rings is 1. The van der Waals surface area contributed by atoms with Gasteiger partial charge in [-0.1, -0.05) is 19.6 Å². The molecule has 0 bridgehead atoms. The van der Waals surface area contributed by atoms with E-state index < -0.39 is 18.0 Å². The number of carbonyl (C=O) groups is 2. The smallest absolute Gasteiger partial charge is 0.356 e. The lowest BCUT2D eigenvalue weighted by Crippen LogP contribution is -2.63. The standard InChI is InChI=1S/C18H22N2O4S2/c1-5-6-24-18(23)15-16(25-7-12-10(3)19-8-26-12)9(2)14-13(11(4)21)17(22)20(14)15/h5,8-9,11,13-14,21H,1,6-7H2,2-4H3/t9-,11-,13-,14+/m1/s1. The van der Waals surface area contributed by atoms with Gasteiger partial charge in [0.2, 0.25) is 5.91 Å². The Morgan fingerprint density at radius 1 is 1.62 bits per heavy atom. The Morgan fingerprint density at radius 2 is 2.35 bits per heavy atom. The molecular weight excluding hydrogens is 372 g/mol. The molecule has 0 aromatic carbocycles. The van der Waals surface area contributed by atoms with Gasteiger partial charge < -0.3 is 14.7 Å². The van der Waals surface area contributed by atoms with Crippen molar-refractivity contribution in [3.8, 4) is 0 Å². The minimum atomic E-state index is -0.746. The van der Waals surface area contributed by atoms with Crippen LogP contribution in [0.2, 0.25) is 0 Å². The number of fused-ring (bicyclic) bond motifs is 1. The monoisotopic (exact) mass is 394 g/mol. The van der Waals surface area contributed by atoms with E-state index >= 15 is 0 Å². The number of aryl methyl sites for hydroxylation is 1. The number of aliphatic hydroxyl groups excluding tert-OH is 1. The minimum Gasteiger partial charge on any atom is -0.457 e. The van der Waals surface area contributed by atoms with Crippen LogP contribution in [0.15, 0.2) is 28.8 Å². The van der Waals surface area contributed by atoms with E-state index in [0.717, 1.165) is 15.5 Å².